The third-order valence-corrected chi connectivity index (χ3v) is 3.88. The van der Waals surface area contributed by atoms with Crippen molar-refractivity contribution >= 4 is 11.8 Å². The Morgan fingerprint density at radius 1 is 1.00 bits per heavy atom. The molecule has 104 valence electrons. The quantitative estimate of drug-likeness (QED) is 0.777. The van der Waals surface area contributed by atoms with Crippen molar-refractivity contribution in [1.82, 2.24) is 0 Å². The van der Waals surface area contributed by atoms with Gasteiger partial charge in [-0.25, -0.2) is 0 Å². The van der Waals surface area contributed by atoms with Gasteiger partial charge in [0, 0.05) is 18.3 Å². The first-order chi connectivity index (χ1) is 8.70. The fourth-order valence-corrected chi connectivity index (χ4v) is 2.71. The Morgan fingerprint density at radius 3 is 2.17 bits per heavy atom. The summed E-state index contributed by atoms with van der Waals surface area (Å²) in [5.41, 5.74) is 0. The molecule has 1 fully saturated rings. The minimum Gasteiger partial charge on any atom is -0.550 e. The van der Waals surface area contributed by atoms with E-state index < -0.39 is 5.97 Å². The molecule has 18 heavy (non-hydrogen) atoms. The van der Waals surface area contributed by atoms with E-state index in [1.165, 1.54) is 32.1 Å². The van der Waals surface area contributed by atoms with Gasteiger partial charge in [0.1, 0.15) is 5.78 Å². The third kappa shape index (κ3) is 6.77. The van der Waals surface area contributed by atoms with E-state index >= 15 is 0 Å². The minimum atomic E-state index is -1.03. The SMILES string of the molecule is O=C([O-])CC[C@H]1CCCCCCCCCCC1=O. The van der Waals surface area contributed by atoms with Gasteiger partial charge >= 0.3 is 0 Å². The first-order valence-electron chi connectivity index (χ1n) is 7.42. The maximum Gasteiger partial charge on any atom is 0.135 e. The van der Waals surface area contributed by atoms with Gasteiger partial charge in [-0.3, -0.25) is 4.79 Å². The van der Waals surface area contributed by atoms with E-state index in [1.807, 2.05) is 0 Å². The van der Waals surface area contributed by atoms with Gasteiger partial charge in [0.2, 0.25) is 0 Å². The summed E-state index contributed by atoms with van der Waals surface area (Å²) in [6, 6.07) is 0. The monoisotopic (exact) mass is 253 g/mol. The number of aliphatic carboxylic acids is 1. The molecule has 1 rings (SSSR count). The van der Waals surface area contributed by atoms with E-state index in [9.17, 15) is 14.7 Å². The highest BCUT2D eigenvalue weighted by Gasteiger charge is 2.17. The van der Waals surface area contributed by atoms with E-state index in [0.717, 1.165) is 25.7 Å². The van der Waals surface area contributed by atoms with Crippen LogP contribution in [0.2, 0.25) is 0 Å². The van der Waals surface area contributed by atoms with Crippen molar-refractivity contribution in [2.75, 3.05) is 0 Å². The van der Waals surface area contributed by atoms with Crippen LogP contribution in [0, 0.1) is 5.92 Å². The highest BCUT2D eigenvalue weighted by molar-refractivity contribution is 5.81. The molecule has 3 heteroatoms. The summed E-state index contributed by atoms with van der Waals surface area (Å²) in [5.74, 6) is -0.798. The van der Waals surface area contributed by atoms with Gasteiger partial charge in [0.15, 0.2) is 0 Å². The molecule has 1 saturated carbocycles. The second-order valence-corrected chi connectivity index (χ2v) is 5.44. The van der Waals surface area contributed by atoms with Crippen LogP contribution in [-0.4, -0.2) is 11.8 Å². The van der Waals surface area contributed by atoms with E-state index in [2.05, 4.69) is 0 Å². The van der Waals surface area contributed by atoms with Gasteiger partial charge in [0.05, 0.1) is 0 Å². The van der Waals surface area contributed by atoms with Crippen LogP contribution in [-0.2, 0) is 9.59 Å². The summed E-state index contributed by atoms with van der Waals surface area (Å²) in [6.07, 6.45) is 11.4. The van der Waals surface area contributed by atoms with Gasteiger partial charge in [0.25, 0.3) is 0 Å². The zero-order chi connectivity index (χ0) is 13.2. The van der Waals surface area contributed by atoms with Crippen molar-refractivity contribution < 1.29 is 14.7 Å². The molecule has 0 amide bonds. The molecule has 1 atom stereocenters. The average molecular weight is 253 g/mol. The minimum absolute atomic E-state index is 0.0242. The number of carbonyl (C=O) groups is 2. The lowest BCUT2D eigenvalue weighted by Crippen LogP contribution is -2.24. The van der Waals surface area contributed by atoms with Crippen LogP contribution >= 0.6 is 0 Å². The lowest BCUT2D eigenvalue weighted by molar-refractivity contribution is -0.305. The molecule has 0 aromatic rings. The predicted octanol–water partition coefficient (Wildman–Crippen LogP) is 2.62. The number of carbonyl (C=O) groups excluding carboxylic acids is 2. The number of hydrogen-bond donors (Lipinski definition) is 0. The lowest BCUT2D eigenvalue weighted by atomic mass is 9.88. The zero-order valence-electron chi connectivity index (χ0n) is 11.3. The fourth-order valence-electron chi connectivity index (χ4n) is 2.71. The highest BCUT2D eigenvalue weighted by Crippen LogP contribution is 2.22. The normalized spacial score (nSPS) is 24.0. The van der Waals surface area contributed by atoms with E-state index in [0.29, 0.717) is 12.8 Å². The van der Waals surface area contributed by atoms with Crippen molar-refractivity contribution in [1.29, 1.82) is 0 Å². The molecule has 0 aromatic heterocycles. The molecule has 0 radical (unpaired) electrons. The standard InChI is InChI=1S/C15H26O3/c16-14-10-8-6-4-2-1-3-5-7-9-13(14)11-12-15(17)18/h13H,1-12H2,(H,17,18)/p-1/t13-/m1/s1. The van der Waals surface area contributed by atoms with Crippen LogP contribution in [0.4, 0.5) is 0 Å². The number of hydrogen-bond acceptors (Lipinski definition) is 3. The first-order valence-corrected chi connectivity index (χ1v) is 7.42. The van der Waals surface area contributed by atoms with Gasteiger partial charge in [-0.2, -0.15) is 0 Å². The maximum absolute atomic E-state index is 12.0. The molecule has 3 nitrogen and oxygen atoms in total. The molecule has 0 bridgehead atoms. The molecular formula is C15H25O3-. The Hall–Kier alpha value is -0.860. The molecule has 0 aliphatic heterocycles. The molecule has 0 unspecified atom stereocenters. The molecule has 0 N–H and O–H groups in total. The van der Waals surface area contributed by atoms with Crippen molar-refractivity contribution in [3.8, 4) is 0 Å². The first kappa shape index (κ1) is 15.2. The Kier molecular flexibility index (Phi) is 7.70. The Labute approximate surface area is 110 Å². The van der Waals surface area contributed by atoms with Crippen molar-refractivity contribution in [2.45, 2.75) is 77.0 Å². The fraction of sp³-hybridized carbons (Fsp3) is 0.867. The van der Waals surface area contributed by atoms with E-state index in [1.54, 1.807) is 0 Å². The largest absolute Gasteiger partial charge is 0.550 e. The second-order valence-electron chi connectivity index (χ2n) is 5.44. The van der Waals surface area contributed by atoms with Crippen LogP contribution in [0.3, 0.4) is 0 Å². The number of Topliss-reactive ketones (excluding diaryl/α,β-unsaturated/α-hetero) is 1. The van der Waals surface area contributed by atoms with Crippen LogP contribution < -0.4 is 5.11 Å². The summed E-state index contributed by atoms with van der Waals surface area (Å²) in [6.45, 7) is 0. The van der Waals surface area contributed by atoms with Crippen molar-refractivity contribution in [2.24, 2.45) is 5.92 Å². The maximum atomic E-state index is 12.0. The average Bonchev–Trinajstić information content (AvgIpc) is 2.32. The number of carboxylic acids is 1. The van der Waals surface area contributed by atoms with Crippen LogP contribution in [0.15, 0.2) is 0 Å². The molecule has 0 heterocycles. The Morgan fingerprint density at radius 2 is 1.56 bits per heavy atom. The van der Waals surface area contributed by atoms with E-state index in [4.69, 9.17) is 0 Å². The zero-order valence-corrected chi connectivity index (χ0v) is 11.3. The molecule has 0 saturated heterocycles. The lowest BCUT2D eigenvalue weighted by Gasteiger charge is -2.17. The smallest absolute Gasteiger partial charge is 0.135 e. The highest BCUT2D eigenvalue weighted by atomic mass is 16.4. The van der Waals surface area contributed by atoms with Crippen molar-refractivity contribution in [3.05, 3.63) is 0 Å². The Balaban J connectivity index is 2.41. The number of ketones is 1. The van der Waals surface area contributed by atoms with Crippen LogP contribution in [0.1, 0.15) is 77.0 Å². The molecule has 1 aliphatic carbocycles. The summed E-state index contributed by atoms with van der Waals surface area (Å²) < 4.78 is 0. The molecule has 0 aromatic carbocycles. The van der Waals surface area contributed by atoms with Gasteiger partial charge < -0.3 is 9.90 Å². The number of rotatable bonds is 3. The molecular weight excluding hydrogens is 228 g/mol. The molecule has 1 aliphatic rings. The second kappa shape index (κ2) is 9.12. The van der Waals surface area contributed by atoms with Gasteiger partial charge in [-0.05, 0) is 25.7 Å². The summed E-state index contributed by atoms with van der Waals surface area (Å²) >= 11 is 0. The van der Waals surface area contributed by atoms with Crippen LogP contribution in [0.25, 0.3) is 0 Å². The number of carboxylic acid groups (broad SMARTS) is 1. The summed E-state index contributed by atoms with van der Waals surface area (Å²) in [4.78, 5) is 22.5. The van der Waals surface area contributed by atoms with Gasteiger partial charge in [-0.15, -0.1) is 0 Å². The summed E-state index contributed by atoms with van der Waals surface area (Å²) in [7, 11) is 0. The van der Waals surface area contributed by atoms with Gasteiger partial charge in [-0.1, -0.05) is 44.9 Å². The van der Waals surface area contributed by atoms with Crippen molar-refractivity contribution in [3.63, 3.8) is 0 Å². The third-order valence-electron chi connectivity index (χ3n) is 3.88. The topological polar surface area (TPSA) is 57.2 Å². The van der Waals surface area contributed by atoms with E-state index in [-0.39, 0.29) is 18.1 Å². The Bertz CT molecular complexity index is 260. The molecule has 0 spiro atoms. The van der Waals surface area contributed by atoms with Crippen LogP contribution in [0.5, 0.6) is 0 Å². The predicted molar refractivity (Wildman–Crippen MR) is 68.9 cm³/mol. The summed E-state index contributed by atoms with van der Waals surface area (Å²) in [5, 5.41) is 10.5.